The van der Waals surface area contributed by atoms with Gasteiger partial charge >= 0.3 is 11.9 Å². The van der Waals surface area contributed by atoms with Crippen molar-refractivity contribution in [3.63, 3.8) is 0 Å². The van der Waals surface area contributed by atoms with Crippen molar-refractivity contribution in [2.75, 3.05) is 11.5 Å². The fourth-order valence-electron chi connectivity index (χ4n) is 2.96. The average molecular weight is 522 g/mol. The Morgan fingerprint density at radius 1 is 0.909 bits per heavy atom. The van der Waals surface area contributed by atoms with Crippen LogP contribution in [0.5, 0.6) is 0 Å². The van der Waals surface area contributed by atoms with E-state index in [-0.39, 0.29) is 17.4 Å². The molecule has 0 aliphatic carbocycles. The lowest BCUT2D eigenvalue weighted by Gasteiger charge is -2.16. The summed E-state index contributed by atoms with van der Waals surface area (Å²) < 4.78 is -0.0530. The van der Waals surface area contributed by atoms with Crippen molar-refractivity contribution in [1.82, 2.24) is 4.98 Å². The summed E-state index contributed by atoms with van der Waals surface area (Å²) in [6.45, 7) is 0. The van der Waals surface area contributed by atoms with Crippen molar-refractivity contribution in [3.8, 4) is 0 Å². The zero-order valence-electron chi connectivity index (χ0n) is 17.4. The number of fused-ring (bicyclic) bond motifs is 1. The molecule has 0 amide bonds. The number of carbonyl (C=O) groups is 2. The Bertz CT molecular complexity index is 1170. The van der Waals surface area contributed by atoms with Gasteiger partial charge in [-0.25, -0.2) is 4.98 Å². The molecule has 1 aromatic heterocycles. The smallest absolute Gasteiger partial charge is 0.304 e. The van der Waals surface area contributed by atoms with E-state index in [1.54, 1.807) is 12.1 Å². The SMILES string of the molecule is O=C(O)CCSC(SCCC(=O)O)c1cccc(/C=C/c2ccc3cc(Cl)c(Cl)cc3n2)c1. The van der Waals surface area contributed by atoms with Crippen LogP contribution in [0.15, 0.2) is 48.5 Å². The van der Waals surface area contributed by atoms with E-state index >= 15 is 0 Å². The van der Waals surface area contributed by atoms with Gasteiger partial charge in [-0.15, -0.1) is 23.5 Å². The monoisotopic (exact) mass is 521 g/mol. The van der Waals surface area contributed by atoms with Crippen molar-refractivity contribution < 1.29 is 19.8 Å². The van der Waals surface area contributed by atoms with Crippen LogP contribution in [-0.4, -0.2) is 38.6 Å². The van der Waals surface area contributed by atoms with Gasteiger partial charge in [0.05, 0.1) is 38.7 Å². The molecule has 5 nitrogen and oxygen atoms in total. The molecule has 0 aliphatic heterocycles. The van der Waals surface area contributed by atoms with Crippen LogP contribution in [0.25, 0.3) is 23.1 Å². The molecule has 33 heavy (non-hydrogen) atoms. The normalized spacial score (nSPS) is 11.5. The summed E-state index contributed by atoms with van der Waals surface area (Å²) in [6.07, 6.45) is 3.98. The molecule has 3 aromatic rings. The summed E-state index contributed by atoms with van der Waals surface area (Å²) in [5.41, 5.74) is 3.50. The molecule has 1 heterocycles. The molecule has 172 valence electrons. The predicted molar refractivity (Wildman–Crippen MR) is 139 cm³/mol. The minimum absolute atomic E-state index is 0.0530. The number of halogens is 2. The summed E-state index contributed by atoms with van der Waals surface area (Å²) in [5.74, 6) is -0.790. The fourth-order valence-corrected chi connectivity index (χ4v) is 5.95. The molecular weight excluding hydrogens is 501 g/mol. The van der Waals surface area contributed by atoms with E-state index in [0.29, 0.717) is 21.6 Å². The summed E-state index contributed by atoms with van der Waals surface area (Å²) in [7, 11) is 0. The van der Waals surface area contributed by atoms with Gasteiger partial charge in [-0.2, -0.15) is 0 Å². The number of aliphatic carboxylic acids is 2. The van der Waals surface area contributed by atoms with Crippen molar-refractivity contribution >= 4 is 81.7 Å². The Hall–Kier alpha value is -2.19. The first-order chi connectivity index (χ1) is 15.8. The summed E-state index contributed by atoms with van der Waals surface area (Å²) >= 11 is 15.2. The highest BCUT2D eigenvalue weighted by atomic mass is 35.5. The molecule has 3 rings (SSSR count). The summed E-state index contributed by atoms with van der Waals surface area (Å²) in [5, 5.41) is 19.7. The second-order valence-electron chi connectivity index (χ2n) is 7.06. The molecule has 0 bridgehead atoms. The number of aromatic nitrogens is 1. The lowest BCUT2D eigenvalue weighted by atomic mass is 10.1. The number of rotatable bonds is 11. The lowest BCUT2D eigenvalue weighted by molar-refractivity contribution is -0.137. The first-order valence-corrected chi connectivity index (χ1v) is 12.9. The molecular formula is C24H21Cl2NO4S2. The Balaban J connectivity index is 1.77. The van der Waals surface area contributed by atoms with E-state index in [1.807, 2.05) is 48.6 Å². The zero-order chi connectivity index (χ0) is 23.8. The Morgan fingerprint density at radius 2 is 1.58 bits per heavy atom. The summed E-state index contributed by atoms with van der Waals surface area (Å²) in [4.78, 5) is 26.4. The maximum Gasteiger partial charge on any atom is 0.304 e. The van der Waals surface area contributed by atoms with Gasteiger partial charge in [0.15, 0.2) is 0 Å². The van der Waals surface area contributed by atoms with Gasteiger partial charge in [-0.3, -0.25) is 9.59 Å². The van der Waals surface area contributed by atoms with Crippen LogP contribution in [0.2, 0.25) is 10.0 Å². The van der Waals surface area contributed by atoms with Crippen molar-refractivity contribution in [3.05, 3.63) is 75.4 Å². The van der Waals surface area contributed by atoms with Crippen LogP contribution in [0.1, 0.15) is 34.2 Å². The molecule has 9 heteroatoms. The Kier molecular flexibility index (Phi) is 9.50. The minimum Gasteiger partial charge on any atom is -0.481 e. The quantitative estimate of drug-likeness (QED) is 0.259. The van der Waals surface area contributed by atoms with Gasteiger partial charge in [0.2, 0.25) is 0 Å². The Labute approximate surface area is 210 Å². The maximum absolute atomic E-state index is 10.9. The topological polar surface area (TPSA) is 87.5 Å². The molecule has 0 atom stereocenters. The number of carboxylic acids is 2. The van der Waals surface area contributed by atoms with Gasteiger partial charge in [0, 0.05) is 16.9 Å². The van der Waals surface area contributed by atoms with Crippen molar-refractivity contribution in [1.29, 1.82) is 0 Å². The van der Waals surface area contributed by atoms with Crippen LogP contribution >= 0.6 is 46.7 Å². The number of benzene rings is 2. The first-order valence-electron chi connectivity index (χ1n) is 10.0. The van der Waals surface area contributed by atoms with E-state index in [2.05, 4.69) is 4.98 Å². The molecule has 0 radical (unpaired) electrons. The van der Waals surface area contributed by atoms with E-state index in [0.717, 1.165) is 27.7 Å². The van der Waals surface area contributed by atoms with E-state index in [9.17, 15) is 9.59 Å². The predicted octanol–water partition coefficient (Wildman–Crippen LogP) is 7.13. The highest BCUT2D eigenvalue weighted by molar-refractivity contribution is 8.16. The largest absolute Gasteiger partial charge is 0.481 e. The number of pyridine rings is 1. The van der Waals surface area contributed by atoms with E-state index < -0.39 is 11.9 Å². The third-order valence-electron chi connectivity index (χ3n) is 4.55. The molecule has 0 saturated heterocycles. The Morgan fingerprint density at radius 3 is 2.24 bits per heavy atom. The highest BCUT2D eigenvalue weighted by Crippen LogP contribution is 2.40. The second-order valence-corrected chi connectivity index (χ2v) is 10.6. The van der Waals surface area contributed by atoms with Crippen LogP contribution in [0.3, 0.4) is 0 Å². The lowest BCUT2D eigenvalue weighted by Crippen LogP contribution is -2.01. The number of carboxylic acid groups (broad SMARTS) is 2. The van der Waals surface area contributed by atoms with Gasteiger partial charge in [0.25, 0.3) is 0 Å². The first kappa shape index (κ1) is 25.4. The molecule has 0 unspecified atom stereocenters. The third kappa shape index (κ3) is 7.96. The molecule has 2 aromatic carbocycles. The third-order valence-corrected chi connectivity index (χ3v) is 8.12. The number of hydrogen-bond donors (Lipinski definition) is 2. The van der Waals surface area contributed by atoms with Gasteiger partial charge in [-0.1, -0.05) is 53.5 Å². The van der Waals surface area contributed by atoms with Crippen LogP contribution < -0.4 is 0 Å². The van der Waals surface area contributed by atoms with Crippen LogP contribution in [-0.2, 0) is 9.59 Å². The number of nitrogens with zero attached hydrogens (tertiary/aromatic N) is 1. The molecule has 0 saturated carbocycles. The summed E-state index contributed by atoms with van der Waals surface area (Å²) in [6, 6.07) is 15.3. The average Bonchev–Trinajstić information content (AvgIpc) is 2.77. The van der Waals surface area contributed by atoms with Crippen molar-refractivity contribution in [2.45, 2.75) is 17.4 Å². The van der Waals surface area contributed by atoms with Gasteiger partial charge < -0.3 is 10.2 Å². The molecule has 2 N–H and O–H groups in total. The van der Waals surface area contributed by atoms with Crippen molar-refractivity contribution in [2.24, 2.45) is 0 Å². The van der Waals surface area contributed by atoms with E-state index in [4.69, 9.17) is 33.4 Å². The fraction of sp³-hybridized carbons (Fsp3) is 0.208. The number of thioether (sulfide) groups is 2. The standard InChI is InChI=1S/C24H21Cl2NO4S2/c25-19-13-16-5-7-18(27-21(16)14-20(19)26)6-4-15-2-1-3-17(12-15)24(32-10-8-22(28)29)33-11-9-23(30)31/h1-7,12-14,24H,8-11H2,(H,28,29)(H,30,31)/b6-4+. The van der Waals surface area contributed by atoms with Gasteiger partial charge in [0.1, 0.15) is 0 Å². The van der Waals surface area contributed by atoms with Gasteiger partial charge in [-0.05, 0) is 41.5 Å². The number of hydrogen-bond acceptors (Lipinski definition) is 5. The minimum atomic E-state index is -0.847. The van der Waals surface area contributed by atoms with E-state index in [1.165, 1.54) is 23.5 Å². The second kappa shape index (κ2) is 12.3. The molecule has 0 aliphatic rings. The maximum atomic E-state index is 10.9. The zero-order valence-corrected chi connectivity index (χ0v) is 20.6. The van der Waals surface area contributed by atoms with Crippen LogP contribution in [0, 0.1) is 0 Å². The van der Waals surface area contributed by atoms with Crippen LogP contribution in [0.4, 0.5) is 0 Å². The highest BCUT2D eigenvalue weighted by Gasteiger charge is 2.14. The molecule has 0 spiro atoms. The molecule has 0 fully saturated rings.